The fourth-order valence-electron chi connectivity index (χ4n) is 1.20. The lowest BCUT2D eigenvalue weighted by atomic mass is 10.2. The molecule has 0 aromatic carbocycles. The molecule has 1 amide bonds. The molecule has 0 saturated carbocycles. The van der Waals surface area contributed by atoms with Gasteiger partial charge in [0.1, 0.15) is 6.04 Å². The molecule has 6 nitrogen and oxygen atoms in total. The number of esters is 1. The smallest absolute Gasteiger partial charge is 0.328 e. The molecule has 0 bridgehead atoms. The largest absolute Gasteiger partial charge is 0.464 e. The SMILES string of the molecule is CCOC(=O)C(C)NC(=O)c1ncccc1N. The third-order valence-electron chi connectivity index (χ3n) is 2.04. The van der Waals surface area contributed by atoms with E-state index in [-0.39, 0.29) is 18.0 Å². The Labute approximate surface area is 99.2 Å². The minimum absolute atomic E-state index is 0.101. The fourth-order valence-corrected chi connectivity index (χ4v) is 1.20. The van der Waals surface area contributed by atoms with E-state index in [0.717, 1.165) is 0 Å². The van der Waals surface area contributed by atoms with E-state index in [2.05, 4.69) is 10.3 Å². The van der Waals surface area contributed by atoms with Crippen molar-refractivity contribution in [2.75, 3.05) is 12.3 Å². The summed E-state index contributed by atoms with van der Waals surface area (Å²) in [5, 5.41) is 2.47. The van der Waals surface area contributed by atoms with Gasteiger partial charge in [-0.3, -0.25) is 4.79 Å². The van der Waals surface area contributed by atoms with E-state index in [4.69, 9.17) is 10.5 Å². The highest BCUT2D eigenvalue weighted by Gasteiger charge is 2.19. The molecule has 0 aliphatic rings. The van der Waals surface area contributed by atoms with Gasteiger partial charge in [-0.15, -0.1) is 0 Å². The Bertz CT molecular complexity index is 420. The van der Waals surface area contributed by atoms with Gasteiger partial charge in [0, 0.05) is 6.20 Å². The fraction of sp³-hybridized carbons (Fsp3) is 0.364. The van der Waals surface area contributed by atoms with Crippen LogP contribution in [0, 0.1) is 0 Å². The molecular formula is C11H15N3O3. The Morgan fingerprint density at radius 1 is 1.59 bits per heavy atom. The minimum atomic E-state index is -0.733. The van der Waals surface area contributed by atoms with E-state index in [9.17, 15) is 9.59 Å². The molecule has 1 aromatic rings. The van der Waals surface area contributed by atoms with Crippen LogP contribution in [0.1, 0.15) is 24.3 Å². The molecule has 17 heavy (non-hydrogen) atoms. The predicted molar refractivity (Wildman–Crippen MR) is 62.2 cm³/mol. The number of anilines is 1. The molecule has 6 heteroatoms. The van der Waals surface area contributed by atoms with E-state index < -0.39 is 17.9 Å². The molecule has 0 saturated heterocycles. The zero-order chi connectivity index (χ0) is 12.8. The van der Waals surface area contributed by atoms with Crippen LogP contribution in [0.15, 0.2) is 18.3 Å². The number of carbonyl (C=O) groups excluding carboxylic acids is 2. The Kier molecular flexibility index (Phi) is 4.45. The molecule has 0 spiro atoms. The maximum absolute atomic E-state index is 11.7. The summed E-state index contributed by atoms with van der Waals surface area (Å²) in [6.07, 6.45) is 1.46. The van der Waals surface area contributed by atoms with Crippen molar-refractivity contribution in [1.29, 1.82) is 0 Å². The molecular weight excluding hydrogens is 222 g/mol. The predicted octanol–water partition coefficient (Wildman–Crippen LogP) is 0.345. The van der Waals surface area contributed by atoms with Gasteiger partial charge in [0.25, 0.3) is 5.91 Å². The zero-order valence-corrected chi connectivity index (χ0v) is 9.77. The monoisotopic (exact) mass is 237 g/mol. The van der Waals surface area contributed by atoms with Gasteiger partial charge in [0.2, 0.25) is 0 Å². The standard InChI is InChI=1S/C11H15N3O3/c1-3-17-11(16)7(2)14-10(15)9-8(12)5-4-6-13-9/h4-7H,3,12H2,1-2H3,(H,14,15). The number of nitrogens with zero attached hydrogens (tertiary/aromatic N) is 1. The van der Waals surface area contributed by atoms with Crippen LogP contribution in [0.3, 0.4) is 0 Å². The summed E-state index contributed by atoms with van der Waals surface area (Å²) in [7, 11) is 0. The zero-order valence-electron chi connectivity index (χ0n) is 9.77. The lowest BCUT2D eigenvalue weighted by molar-refractivity contribution is -0.144. The van der Waals surface area contributed by atoms with Crippen LogP contribution in [0.5, 0.6) is 0 Å². The number of hydrogen-bond donors (Lipinski definition) is 2. The van der Waals surface area contributed by atoms with Crippen molar-refractivity contribution in [3.63, 3.8) is 0 Å². The quantitative estimate of drug-likeness (QED) is 0.736. The Morgan fingerprint density at radius 2 is 2.29 bits per heavy atom. The third-order valence-corrected chi connectivity index (χ3v) is 2.04. The number of hydrogen-bond acceptors (Lipinski definition) is 5. The number of nitrogens with two attached hydrogens (primary N) is 1. The highest BCUT2D eigenvalue weighted by atomic mass is 16.5. The molecule has 3 N–H and O–H groups in total. The van der Waals surface area contributed by atoms with Gasteiger partial charge in [0.15, 0.2) is 5.69 Å². The Morgan fingerprint density at radius 3 is 2.88 bits per heavy atom. The van der Waals surface area contributed by atoms with Crippen LogP contribution < -0.4 is 11.1 Å². The summed E-state index contributed by atoms with van der Waals surface area (Å²) in [5.41, 5.74) is 5.96. The van der Waals surface area contributed by atoms with E-state index in [1.807, 2.05) is 0 Å². The molecule has 1 heterocycles. The van der Waals surface area contributed by atoms with Crippen LogP contribution in [-0.4, -0.2) is 29.5 Å². The topological polar surface area (TPSA) is 94.3 Å². The first-order valence-corrected chi connectivity index (χ1v) is 5.24. The van der Waals surface area contributed by atoms with Crippen LogP contribution in [0.2, 0.25) is 0 Å². The van der Waals surface area contributed by atoms with Crippen molar-refractivity contribution in [2.45, 2.75) is 19.9 Å². The molecule has 0 fully saturated rings. The first-order chi connectivity index (χ1) is 8.06. The minimum Gasteiger partial charge on any atom is -0.464 e. The Balaban J connectivity index is 2.67. The van der Waals surface area contributed by atoms with Gasteiger partial charge < -0.3 is 15.8 Å². The van der Waals surface area contributed by atoms with E-state index in [0.29, 0.717) is 0 Å². The highest BCUT2D eigenvalue weighted by molar-refractivity contribution is 5.99. The first-order valence-electron chi connectivity index (χ1n) is 5.24. The summed E-state index contributed by atoms with van der Waals surface area (Å²) in [6.45, 7) is 3.50. The maximum Gasteiger partial charge on any atom is 0.328 e. The average molecular weight is 237 g/mol. The van der Waals surface area contributed by atoms with Crippen molar-refractivity contribution in [3.05, 3.63) is 24.0 Å². The molecule has 1 aromatic heterocycles. The number of aromatic nitrogens is 1. The third kappa shape index (κ3) is 3.44. The van der Waals surface area contributed by atoms with Crippen LogP contribution in [0.4, 0.5) is 5.69 Å². The maximum atomic E-state index is 11.7. The van der Waals surface area contributed by atoms with Crippen molar-refractivity contribution < 1.29 is 14.3 Å². The second-order valence-electron chi connectivity index (χ2n) is 3.39. The van der Waals surface area contributed by atoms with Crippen molar-refractivity contribution >= 4 is 17.6 Å². The molecule has 0 radical (unpaired) electrons. The molecule has 1 unspecified atom stereocenters. The number of rotatable bonds is 4. The summed E-state index contributed by atoms with van der Waals surface area (Å²) in [4.78, 5) is 26.9. The number of amides is 1. The number of pyridine rings is 1. The first kappa shape index (κ1) is 13.0. The number of nitrogens with one attached hydrogen (secondary N) is 1. The van der Waals surface area contributed by atoms with Crippen molar-refractivity contribution in [3.8, 4) is 0 Å². The van der Waals surface area contributed by atoms with Crippen LogP contribution in [0.25, 0.3) is 0 Å². The van der Waals surface area contributed by atoms with Crippen LogP contribution >= 0.6 is 0 Å². The van der Waals surface area contributed by atoms with Gasteiger partial charge in [-0.05, 0) is 26.0 Å². The molecule has 1 rings (SSSR count). The summed E-state index contributed by atoms with van der Waals surface area (Å²) in [6, 6.07) is 2.46. The van der Waals surface area contributed by atoms with E-state index >= 15 is 0 Å². The van der Waals surface area contributed by atoms with Gasteiger partial charge in [-0.2, -0.15) is 0 Å². The number of ether oxygens (including phenoxy) is 1. The summed E-state index contributed by atoms with van der Waals surface area (Å²) < 4.78 is 4.77. The number of carbonyl (C=O) groups is 2. The van der Waals surface area contributed by atoms with Crippen molar-refractivity contribution in [2.24, 2.45) is 0 Å². The second kappa shape index (κ2) is 5.83. The highest BCUT2D eigenvalue weighted by Crippen LogP contribution is 2.06. The van der Waals surface area contributed by atoms with Gasteiger partial charge in [-0.1, -0.05) is 0 Å². The van der Waals surface area contributed by atoms with Gasteiger partial charge in [-0.25, -0.2) is 9.78 Å². The molecule has 0 aliphatic carbocycles. The second-order valence-corrected chi connectivity index (χ2v) is 3.39. The van der Waals surface area contributed by atoms with Crippen LogP contribution in [-0.2, 0) is 9.53 Å². The molecule has 92 valence electrons. The lowest BCUT2D eigenvalue weighted by Crippen LogP contribution is -2.40. The molecule has 1 atom stereocenters. The van der Waals surface area contributed by atoms with E-state index in [1.165, 1.54) is 13.1 Å². The van der Waals surface area contributed by atoms with Crippen molar-refractivity contribution in [1.82, 2.24) is 10.3 Å². The Hall–Kier alpha value is -2.11. The van der Waals surface area contributed by atoms with E-state index in [1.54, 1.807) is 19.1 Å². The molecule has 0 aliphatic heterocycles. The number of nitrogen functional groups attached to an aromatic ring is 1. The normalized spacial score (nSPS) is 11.6. The van der Waals surface area contributed by atoms with Gasteiger partial charge >= 0.3 is 5.97 Å². The summed E-state index contributed by atoms with van der Waals surface area (Å²) in [5.74, 6) is -0.987. The lowest BCUT2D eigenvalue weighted by Gasteiger charge is -2.12. The summed E-state index contributed by atoms with van der Waals surface area (Å²) >= 11 is 0. The van der Waals surface area contributed by atoms with Gasteiger partial charge in [0.05, 0.1) is 12.3 Å². The average Bonchev–Trinajstić information content (AvgIpc) is 2.29.